The van der Waals surface area contributed by atoms with Crippen LogP contribution in [0.1, 0.15) is 67.4 Å². The van der Waals surface area contributed by atoms with Gasteiger partial charge >= 0.3 is 6.03 Å². The predicted molar refractivity (Wildman–Crippen MR) is 183 cm³/mol. The molecule has 4 rings (SSSR count). The smallest absolute Gasteiger partial charge is 0.323 e. The number of ether oxygens (including phenoxy) is 2. The molecule has 12 heteroatoms. The number of rotatable bonds is 8. The summed E-state index contributed by atoms with van der Waals surface area (Å²) < 4.78 is 17.8. The zero-order chi connectivity index (χ0) is 34.8. The molecule has 2 heterocycles. The number of hydrogen-bond donors (Lipinski definition) is 3. The van der Waals surface area contributed by atoms with Gasteiger partial charge in [-0.15, -0.1) is 0 Å². The van der Waals surface area contributed by atoms with E-state index in [2.05, 4.69) is 15.8 Å². The fourth-order valence-electron chi connectivity index (χ4n) is 5.68. The van der Waals surface area contributed by atoms with Crippen molar-refractivity contribution in [3.63, 3.8) is 0 Å². The van der Waals surface area contributed by atoms with Gasteiger partial charge in [0, 0.05) is 38.3 Å². The number of fused-ring (bicyclic) bond motifs is 1. The maximum Gasteiger partial charge on any atom is 0.323 e. The van der Waals surface area contributed by atoms with Crippen molar-refractivity contribution in [1.29, 1.82) is 0 Å². The highest BCUT2D eigenvalue weighted by molar-refractivity contribution is 6.03. The third kappa shape index (κ3) is 9.80. The summed E-state index contributed by atoms with van der Waals surface area (Å²) in [6.45, 7) is 10.0. The Morgan fingerprint density at radius 1 is 1.10 bits per heavy atom. The first-order chi connectivity index (χ1) is 23.0. The molecule has 0 unspecified atom stereocenters. The molecule has 48 heavy (non-hydrogen) atoms. The molecule has 1 aromatic heterocycles. The number of aliphatic hydroxyl groups excluding tert-OH is 1. The van der Waals surface area contributed by atoms with E-state index in [1.807, 2.05) is 44.2 Å². The van der Waals surface area contributed by atoms with E-state index in [0.29, 0.717) is 41.7 Å². The van der Waals surface area contributed by atoms with Crippen molar-refractivity contribution in [2.75, 3.05) is 44.0 Å². The van der Waals surface area contributed by atoms with E-state index in [4.69, 9.17) is 14.0 Å². The molecule has 260 valence electrons. The lowest BCUT2D eigenvalue weighted by molar-refractivity contribution is -0.131. The van der Waals surface area contributed by atoms with E-state index >= 15 is 0 Å². The third-order valence-corrected chi connectivity index (χ3v) is 8.66. The largest absolute Gasteiger partial charge is 0.490 e. The molecule has 12 nitrogen and oxygen atoms in total. The van der Waals surface area contributed by atoms with E-state index in [0.717, 1.165) is 24.8 Å². The van der Waals surface area contributed by atoms with Gasteiger partial charge in [0.15, 0.2) is 5.76 Å². The Kier molecular flexibility index (Phi) is 13.0. The van der Waals surface area contributed by atoms with Crippen LogP contribution < -0.4 is 15.4 Å². The van der Waals surface area contributed by atoms with Gasteiger partial charge in [-0.2, -0.15) is 0 Å². The molecule has 2 aromatic carbocycles. The van der Waals surface area contributed by atoms with Gasteiger partial charge < -0.3 is 39.5 Å². The fraction of sp³-hybridized carbons (Fsp3) is 0.500. The zero-order valence-electron chi connectivity index (χ0n) is 28.8. The van der Waals surface area contributed by atoms with Gasteiger partial charge in [0.1, 0.15) is 17.1 Å². The van der Waals surface area contributed by atoms with Crippen molar-refractivity contribution in [2.45, 2.75) is 78.6 Å². The topological polar surface area (TPSA) is 146 Å². The first kappa shape index (κ1) is 36.4. The summed E-state index contributed by atoms with van der Waals surface area (Å²) >= 11 is 0. The molecule has 0 radical (unpaired) electrons. The highest BCUT2D eigenvalue weighted by Crippen LogP contribution is 2.29. The Hall–Kier alpha value is -4.42. The molecule has 1 aliphatic heterocycles. The predicted octanol–water partition coefficient (Wildman–Crippen LogP) is 5.43. The lowest BCUT2D eigenvalue weighted by Crippen LogP contribution is -2.48. The Balaban J connectivity index is 1.59. The summed E-state index contributed by atoms with van der Waals surface area (Å²) in [7, 11) is 1.78. The molecule has 1 aliphatic rings. The second kappa shape index (κ2) is 17.1. The Morgan fingerprint density at radius 3 is 2.54 bits per heavy atom. The standard InChI is InChI=1S/C36H49N5O7/c1-23-20-41(24(2)22-42)35(44)30-19-29(37-36(45)38-34-26(4)39-48-27(34)5)15-16-31(30)47-25(3)12-10-11-17-46-32(23)21-40(6)33(43)18-28-13-8-7-9-14-28/h7-9,13-16,19,23-25,32,42H,10-12,17-18,20-22H2,1-6H3,(H2,37,38,45)/t23-,24-,25-,32+/m0/s1. The molecule has 0 bridgehead atoms. The van der Waals surface area contributed by atoms with Gasteiger partial charge in [-0.1, -0.05) is 42.4 Å². The monoisotopic (exact) mass is 663 g/mol. The van der Waals surface area contributed by atoms with Crippen LogP contribution in [-0.2, 0) is 16.0 Å². The number of hydrogen-bond acceptors (Lipinski definition) is 8. The summed E-state index contributed by atoms with van der Waals surface area (Å²) in [5.41, 5.74) is 2.59. The number of likely N-dealkylation sites (N-methyl/N-ethyl adjacent to an activating group) is 1. The van der Waals surface area contributed by atoms with E-state index in [9.17, 15) is 19.5 Å². The van der Waals surface area contributed by atoms with Crippen molar-refractivity contribution in [3.8, 4) is 5.75 Å². The number of anilines is 2. The van der Waals surface area contributed by atoms with E-state index in [-0.39, 0.29) is 55.1 Å². The lowest BCUT2D eigenvalue weighted by Gasteiger charge is -2.36. The number of aromatic nitrogens is 1. The van der Waals surface area contributed by atoms with Crippen LogP contribution in [0.5, 0.6) is 5.75 Å². The second-order valence-electron chi connectivity index (χ2n) is 12.7. The number of amides is 4. The van der Waals surface area contributed by atoms with Gasteiger partial charge in [-0.3, -0.25) is 9.59 Å². The molecular formula is C36H49N5O7. The van der Waals surface area contributed by atoms with Crippen molar-refractivity contribution < 1.29 is 33.5 Å². The maximum absolute atomic E-state index is 14.4. The Morgan fingerprint density at radius 2 is 1.85 bits per heavy atom. The van der Waals surface area contributed by atoms with Crippen molar-refractivity contribution in [3.05, 3.63) is 71.1 Å². The van der Waals surface area contributed by atoms with E-state index in [1.54, 1.807) is 55.8 Å². The van der Waals surface area contributed by atoms with Gasteiger partial charge in [0.2, 0.25) is 5.91 Å². The first-order valence-electron chi connectivity index (χ1n) is 16.6. The average Bonchev–Trinajstić information content (AvgIpc) is 3.38. The van der Waals surface area contributed by atoms with Crippen LogP contribution in [-0.4, -0.2) is 89.5 Å². The minimum absolute atomic E-state index is 0.0219. The molecule has 4 atom stereocenters. The van der Waals surface area contributed by atoms with Crippen LogP contribution >= 0.6 is 0 Å². The summed E-state index contributed by atoms with van der Waals surface area (Å²) in [5, 5.41) is 19.6. The lowest BCUT2D eigenvalue weighted by atomic mass is 10.0. The number of carbonyl (C=O) groups is 3. The number of nitrogens with zero attached hydrogens (tertiary/aromatic N) is 3. The van der Waals surface area contributed by atoms with Gasteiger partial charge in [-0.25, -0.2) is 4.79 Å². The number of aliphatic hydroxyl groups is 1. The van der Waals surface area contributed by atoms with E-state index in [1.165, 1.54) is 0 Å². The van der Waals surface area contributed by atoms with Gasteiger partial charge in [0.05, 0.1) is 36.8 Å². The quantitative estimate of drug-likeness (QED) is 0.289. The average molecular weight is 664 g/mol. The Bertz CT molecular complexity index is 1510. The van der Waals surface area contributed by atoms with Crippen LogP contribution in [0.2, 0.25) is 0 Å². The zero-order valence-corrected chi connectivity index (χ0v) is 28.8. The summed E-state index contributed by atoms with van der Waals surface area (Å²) in [6, 6.07) is 13.5. The van der Waals surface area contributed by atoms with Crippen LogP contribution in [0.15, 0.2) is 53.1 Å². The second-order valence-corrected chi connectivity index (χ2v) is 12.7. The fourth-order valence-corrected chi connectivity index (χ4v) is 5.68. The molecule has 0 saturated heterocycles. The number of carbonyl (C=O) groups excluding carboxylic acids is 3. The van der Waals surface area contributed by atoms with Crippen LogP contribution in [0.25, 0.3) is 0 Å². The maximum atomic E-state index is 14.4. The first-order valence-corrected chi connectivity index (χ1v) is 16.6. The molecule has 0 spiro atoms. The Labute approximate surface area is 282 Å². The minimum Gasteiger partial charge on any atom is -0.490 e. The minimum atomic E-state index is -0.532. The highest BCUT2D eigenvalue weighted by Gasteiger charge is 2.31. The van der Waals surface area contributed by atoms with Gasteiger partial charge in [-0.05, 0) is 70.7 Å². The molecule has 4 amide bonds. The summed E-state index contributed by atoms with van der Waals surface area (Å²) in [6.07, 6.45) is 2.14. The van der Waals surface area contributed by atoms with Gasteiger partial charge in [0.25, 0.3) is 5.91 Å². The molecule has 3 aromatic rings. The molecule has 3 N–H and O–H groups in total. The number of aryl methyl sites for hydroxylation is 2. The molecular weight excluding hydrogens is 614 g/mol. The van der Waals surface area contributed by atoms with Crippen molar-refractivity contribution in [2.24, 2.45) is 5.92 Å². The van der Waals surface area contributed by atoms with E-state index < -0.39 is 12.1 Å². The number of nitrogens with one attached hydrogen (secondary N) is 2. The van der Waals surface area contributed by atoms with Crippen LogP contribution in [0.4, 0.5) is 16.2 Å². The number of benzene rings is 2. The normalized spacial score (nSPS) is 19.8. The summed E-state index contributed by atoms with van der Waals surface area (Å²) in [5.74, 6) is 0.295. The van der Waals surface area contributed by atoms with Crippen LogP contribution in [0, 0.1) is 19.8 Å². The number of urea groups is 1. The molecule has 0 aliphatic carbocycles. The summed E-state index contributed by atoms with van der Waals surface area (Å²) in [4.78, 5) is 43.7. The SMILES string of the molecule is Cc1noc(C)c1NC(=O)Nc1ccc2c(c1)C(=O)N([C@@H](C)CO)C[C@H](C)[C@@H](CN(C)C(=O)Cc1ccccc1)OCCCC[C@H](C)O2. The van der Waals surface area contributed by atoms with Crippen LogP contribution in [0.3, 0.4) is 0 Å². The van der Waals surface area contributed by atoms with Crippen molar-refractivity contribution in [1.82, 2.24) is 15.0 Å². The van der Waals surface area contributed by atoms with Crippen molar-refractivity contribution >= 4 is 29.2 Å². The highest BCUT2D eigenvalue weighted by atomic mass is 16.5. The third-order valence-electron chi connectivity index (χ3n) is 8.66. The molecule has 0 fully saturated rings. The molecule has 0 saturated carbocycles.